The van der Waals surface area contributed by atoms with Gasteiger partial charge in [0.05, 0.1) is 7.11 Å². The van der Waals surface area contributed by atoms with E-state index in [-0.39, 0.29) is 5.97 Å². The zero-order valence-corrected chi connectivity index (χ0v) is 10.2. The molecule has 0 saturated carbocycles. The van der Waals surface area contributed by atoms with Gasteiger partial charge in [-0.15, -0.1) is 13.2 Å². The summed E-state index contributed by atoms with van der Waals surface area (Å²) in [6.07, 6.45) is 3.61. The molecule has 0 atom stereocenters. The first-order valence-electron chi connectivity index (χ1n) is 3.86. The summed E-state index contributed by atoms with van der Waals surface area (Å²) >= 11 is 2.78. The van der Waals surface area contributed by atoms with Crippen molar-refractivity contribution in [2.24, 2.45) is 0 Å². The van der Waals surface area contributed by atoms with Gasteiger partial charge in [0.15, 0.2) is 0 Å². The molecular weight excluding hydrogens is 220 g/mol. The zero-order chi connectivity index (χ0) is 11.2. The average Bonchev–Trinajstić information content (AvgIpc) is 2.19. The molecule has 0 bridgehead atoms. The summed E-state index contributed by atoms with van der Waals surface area (Å²) in [5, 5.41) is 0. The van der Waals surface area contributed by atoms with E-state index in [9.17, 15) is 4.79 Å². The molecule has 0 aromatic heterocycles. The monoisotopic (exact) mass is 236 g/mol. The lowest BCUT2D eigenvalue weighted by molar-refractivity contribution is -0.137. The van der Waals surface area contributed by atoms with E-state index in [2.05, 4.69) is 17.9 Å². The van der Waals surface area contributed by atoms with Gasteiger partial charge in [-0.05, 0) is 0 Å². The van der Waals surface area contributed by atoms with Crippen LogP contribution in [0.15, 0.2) is 25.3 Å². The number of esters is 1. The van der Waals surface area contributed by atoms with Gasteiger partial charge in [0.2, 0.25) is 0 Å². The van der Waals surface area contributed by atoms with E-state index in [1.807, 2.05) is 0 Å². The van der Waals surface area contributed by atoms with E-state index in [0.29, 0.717) is 0 Å². The highest BCUT2D eigenvalue weighted by Gasteiger charge is 1.83. The summed E-state index contributed by atoms with van der Waals surface area (Å²) < 4.78 is 9.12. The molecule has 0 N–H and O–H groups in total. The predicted octanol–water partition coefficient (Wildman–Crippen LogP) is 2.85. The minimum absolute atomic E-state index is 0.245. The minimum Gasteiger partial charge on any atom is -0.469 e. The van der Waals surface area contributed by atoms with Crippen LogP contribution in [-0.4, -0.2) is 24.6 Å². The van der Waals surface area contributed by atoms with Gasteiger partial charge in [-0.2, -0.15) is 0 Å². The number of hydrogen-bond acceptors (Lipinski definition) is 5. The van der Waals surface area contributed by atoms with Crippen molar-refractivity contribution < 1.29 is 13.2 Å². The minimum atomic E-state index is -0.245. The number of rotatable bonds is 6. The van der Waals surface area contributed by atoms with Crippen LogP contribution in [0.2, 0.25) is 0 Å². The maximum Gasteiger partial charge on any atom is 0.302 e. The molecule has 0 aliphatic carbocycles. The molecule has 0 fully saturated rings. The Morgan fingerprint density at radius 3 is 1.86 bits per heavy atom. The molecule has 0 heterocycles. The molecular formula is C9H16O3S2. The second kappa shape index (κ2) is 15.1. The molecule has 0 spiro atoms. The van der Waals surface area contributed by atoms with Gasteiger partial charge in [0, 0.05) is 42.5 Å². The van der Waals surface area contributed by atoms with Crippen LogP contribution in [0.1, 0.15) is 6.92 Å². The predicted molar refractivity (Wildman–Crippen MR) is 64.1 cm³/mol. The lowest BCUT2D eigenvalue weighted by atomic mass is 10.8. The summed E-state index contributed by atoms with van der Waals surface area (Å²) in [5.41, 5.74) is 0. The summed E-state index contributed by atoms with van der Waals surface area (Å²) in [6.45, 7) is 8.46. The molecule has 0 rings (SSSR count). The van der Waals surface area contributed by atoms with Crippen LogP contribution in [0.5, 0.6) is 0 Å². The van der Waals surface area contributed by atoms with Gasteiger partial charge >= 0.3 is 5.97 Å². The van der Waals surface area contributed by atoms with Gasteiger partial charge in [0.25, 0.3) is 0 Å². The third-order valence-electron chi connectivity index (χ3n) is 0.755. The number of ether oxygens (including phenoxy) is 1. The summed E-state index contributed by atoms with van der Waals surface area (Å²) in [5.74, 6) is 1.43. The van der Waals surface area contributed by atoms with Crippen LogP contribution in [-0.2, 0) is 13.2 Å². The summed E-state index contributed by atoms with van der Waals surface area (Å²) in [7, 11) is 1.35. The topological polar surface area (TPSA) is 35.5 Å². The highest BCUT2D eigenvalue weighted by atomic mass is 32.2. The Morgan fingerprint density at radius 2 is 1.64 bits per heavy atom. The average molecular weight is 236 g/mol. The smallest absolute Gasteiger partial charge is 0.302 e. The second-order valence-corrected chi connectivity index (χ2v) is 3.59. The molecule has 0 aliphatic rings. The second-order valence-electron chi connectivity index (χ2n) is 1.91. The first-order chi connectivity index (χ1) is 6.68. The normalized spacial score (nSPS) is 8.14. The van der Waals surface area contributed by atoms with Crippen molar-refractivity contribution in [3.8, 4) is 0 Å². The molecule has 0 aromatic carbocycles. The van der Waals surface area contributed by atoms with Crippen molar-refractivity contribution in [3.05, 3.63) is 25.3 Å². The van der Waals surface area contributed by atoms with Crippen molar-refractivity contribution in [1.29, 1.82) is 0 Å². The molecule has 0 radical (unpaired) electrons. The Labute approximate surface area is 94.3 Å². The third-order valence-corrected chi connectivity index (χ3v) is 2.27. The van der Waals surface area contributed by atoms with Gasteiger partial charge in [-0.25, -0.2) is 3.63 Å². The van der Waals surface area contributed by atoms with E-state index in [4.69, 9.17) is 3.63 Å². The zero-order valence-electron chi connectivity index (χ0n) is 8.52. The van der Waals surface area contributed by atoms with Crippen LogP contribution < -0.4 is 0 Å². The first-order valence-corrected chi connectivity index (χ1v) is 5.68. The highest BCUT2D eigenvalue weighted by Crippen LogP contribution is 2.13. The molecule has 0 unspecified atom stereocenters. The molecule has 5 heteroatoms. The molecule has 0 saturated heterocycles. The van der Waals surface area contributed by atoms with Crippen LogP contribution in [0, 0.1) is 0 Å². The van der Waals surface area contributed by atoms with Gasteiger partial charge < -0.3 is 4.74 Å². The molecule has 0 aromatic rings. The lowest BCUT2D eigenvalue weighted by Gasteiger charge is -1.93. The van der Waals surface area contributed by atoms with Crippen LogP contribution >= 0.6 is 24.1 Å². The standard InChI is InChI=1S/C6H10OS2.C3H6O2/c1-3-5-8-7-9-6-4-2;1-3(4)5-2/h3-4H,1-2,5-6H2;1-2H3. The van der Waals surface area contributed by atoms with Crippen molar-refractivity contribution in [2.75, 3.05) is 18.6 Å². The maximum atomic E-state index is 9.59. The Bertz CT molecular complexity index is 150. The third kappa shape index (κ3) is 22.6. The fourth-order valence-electron chi connectivity index (χ4n) is 0.186. The molecule has 82 valence electrons. The van der Waals surface area contributed by atoms with Crippen molar-refractivity contribution in [3.63, 3.8) is 0 Å². The number of carbonyl (C=O) groups excluding carboxylic acids is 1. The van der Waals surface area contributed by atoms with Crippen LogP contribution in [0.4, 0.5) is 0 Å². The fourth-order valence-corrected chi connectivity index (χ4v) is 1.09. The Balaban J connectivity index is 0. The molecule has 0 amide bonds. The van der Waals surface area contributed by atoms with Gasteiger partial charge in [-0.3, -0.25) is 4.79 Å². The Hall–Kier alpha value is -0.390. The van der Waals surface area contributed by atoms with E-state index < -0.39 is 0 Å². The maximum absolute atomic E-state index is 9.59. The van der Waals surface area contributed by atoms with E-state index >= 15 is 0 Å². The lowest BCUT2D eigenvalue weighted by Crippen LogP contribution is -1.88. The fraction of sp³-hybridized carbons (Fsp3) is 0.444. The van der Waals surface area contributed by atoms with Crippen LogP contribution in [0.3, 0.4) is 0 Å². The van der Waals surface area contributed by atoms with E-state index in [1.165, 1.54) is 38.1 Å². The Kier molecular flexibility index (Phi) is 17.3. The number of methoxy groups -OCH3 is 1. The van der Waals surface area contributed by atoms with Crippen LogP contribution in [0.25, 0.3) is 0 Å². The first kappa shape index (κ1) is 16.1. The van der Waals surface area contributed by atoms with E-state index in [1.54, 1.807) is 12.2 Å². The number of hydrogen-bond donors (Lipinski definition) is 0. The van der Waals surface area contributed by atoms with Gasteiger partial charge in [-0.1, -0.05) is 12.2 Å². The summed E-state index contributed by atoms with van der Waals surface area (Å²) in [4.78, 5) is 9.59. The van der Waals surface area contributed by atoms with Crippen molar-refractivity contribution >= 4 is 30.1 Å². The van der Waals surface area contributed by atoms with E-state index in [0.717, 1.165) is 11.5 Å². The highest BCUT2D eigenvalue weighted by molar-refractivity contribution is 8.08. The quantitative estimate of drug-likeness (QED) is 0.307. The largest absolute Gasteiger partial charge is 0.469 e. The van der Waals surface area contributed by atoms with Crippen molar-refractivity contribution in [2.45, 2.75) is 6.92 Å². The van der Waals surface area contributed by atoms with Crippen molar-refractivity contribution in [1.82, 2.24) is 0 Å². The SMILES string of the molecule is C=CCSOSCC=C.COC(C)=O. The Morgan fingerprint density at radius 1 is 1.29 bits per heavy atom. The van der Waals surface area contributed by atoms with Gasteiger partial charge in [0.1, 0.15) is 0 Å². The number of carbonyl (C=O) groups is 1. The molecule has 14 heavy (non-hydrogen) atoms. The molecule has 0 aliphatic heterocycles. The molecule has 3 nitrogen and oxygen atoms in total. The summed E-state index contributed by atoms with van der Waals surface area (Å²) in [6, 6.07) is 0.